The van der Waals surface area contributed by atoms with E-state index in [9.17, 15) is 14.9 Å². The quantitative estimate of drug-likeness (QED) is 0.543. The lowest BCUT2D eigenvalue weighted by Crippen LogP contribution is -2.14. The zero-order valence-corrected chi connectivity index (χ0v) is 16.7. The lowest BCUT2D eigenvalue weighted by atomic mass is 9.99. The second-order valence-electron chi connectivity index (χ2n) is 6.84. The molecule has 0 aliphatic rings. The molecule has 0 saturated carbocycles. The number of rotatable bonds is 9. The molecule has 0 saturated heterocycles. The van der Waals surface area contributed by atoms with Crippen molar-refractivity contribution in [2.45, 2.75) is 26.1 Å². The van der Waals surface area contributed by atoms with Crippen molar-refractivity contribution in [2.75, 3.05) is 5.32 Å². The normalized spacial score (nSPS) is 10.3. The highest BCUT2D eigenvalue weighted by Crippen LogP contribution is 2.23. The number of nitrogens with zero attached hydrogens (tertiary/aromatic N) is 2. The van der Waals surface area contributed by atoms with Gasteiger partial charge >= 0.3 is 5.97 Å². The van der Waals surface area contributed by atoms with Gasteiger partial charge in [0.2, 0.25) is 5.91 Å². The molecule has 0 unspecified atom stereocenters. The van der Waals surface area contributed by atoms with Gasteiger partial charge in [-0.2, -0.15) is 5.26 Å². The van der Waals surface area contributed by atoms with E-state index < -0.39 is 5.97 Å². The Morgan fingerprint density at radius 2 is 1.68 bits per heavy atom. The Kier molecular flexibility index (Phi) is 7.46. The minimum Gasteiger partial charge on any atom is -0.481 e. The average Bonchev–Trinajstić information content (AvgIpc) is 2.79. The highest BCUT2D eigenvalue weighted by molar-refractivity contribution is 5.91. The van der Waals surface area contributed by atoms with Crippen LogP contribution in [-0.2, 0) is 27.5 Å². The van der Waals surface area contributed by atoms with Crippen molar-refractivity contribution in [1.82, 2.24) is 4.98 Å². The summed E-state index contributed by atoms with van der Waals surface area (Å²) in [5.41, 5.74) is 4.38. The van der Waals surface area contributed by atoms with Crippen LogP contribution in [0.3, 0.4) is 0 Å². The molecule has 2 aromatic carbocycles. The fourth-order valence-electron chi connectivity index (χ4n) is 2.91. The summed E-state index contributed by atoms with van der Waals surface area (Å²) in [5.74, 6) is -1.04. The summed E-state index contributed by atoms with van der Waals surface area (Å²) >= 11 is 0. The van der Waals surface area contributed by atoms with Crippen LogP contribution in [0.5, 0.6) is 0 Å². The molecule has 0 aliphatic heterocycles. The van der Waals surface area contributed by atoms with Crippen LogP contribution >= 0.6 is 0 Å². The fourth-order valence-corrected chi connectivity index (χ4v) is 2.91. The monoisotopic (exact) mass is 415 g/mol. The first kappa shape index (κ1) is 21.7. The number of aromatic nitrogens is 1. The maximum Gasteiger partial charge on any atom is 0.303 e. The van der Waals surface area contributed by atoms with Gasteiger partial charge < -0.3 is 15.2 Å². The van der Waals surface area contributed by atoms with Gasteiger partial charge in [0, 0.05) is 12.6 Å². The number of anilines is 1. The number of benzene rings is 2. The Bertz CT molecular complexity index is 1090. The first-order chi connectivity index (χ1) is 15.0. The van der Waals surface area contributed by atoms with Crippen molar-refractivity contribution in [3.63, 3.8) is 0 Å². The van der Waals surface area contributed by atoms with E-state index >= 15 is 0 Å². The Labute approximate surface area is 179 Å². The molecule has 1 heterocycles. The number of pyridine rings is 1. The third-order valence-corrected chi connectivity index (χ3v) is 4.51. The summed E-state index contributed by atoms with van der Waals surface area (Å²) in [6.45, 7) is 0.785. The number of hydrogen-bond acceptors (Lipinski definition) is 5. The van der Waals surface area contributed by atoms with Crippen molar-refractivity contribution in [3.8, 4) is 17.2 Å². The topological polar surface area (TPSA) is 112 Å². The zero-order chi connectivity index (χ0) is 22.1. The van der Waals surface area contributed by atoms with E-state index in [1.165, 1.54) is 0 Å². The molecule has 0 spiro atoms. The van der Waals surface area contributed by atoms with Gasteiger partial charge in [-0.05, 0) is 34.4 Å². The largest absolute Gasteiger partial charge is 0.481 e. The number of carboxylic acids is 1. The first-order valence-corrected chi connectivity index (χ1v) is 9.68. The molecule has 0 aliphatic carbocycles. The van der Waals surface area contributed by atoms with Gasteiger partial charge in [0.25, 0.3) is 0 Å². The van der Waals surface area contributed by atoms with Crippen LogP contribution in [-0.4, -0.2) is 22.0 Å². The number of nitrogens with one attached hydrogen (secondary N) is 1. The molecule has 0 atom stereocenters. The number of aliphatic carboxylic acids is 1. The van der Waals surface area contributed by atoms with Crippen LogP contribution in [0.1, 0.15) is 29.5 Å². The number of carbonyl (C=O) groups excluding carboxylic acids is 1. The van der Waals surface area contributed by atoms with E-state index in [0.29, 0.717) is 24.6 Å². The number of nitriles is 1. The molecule has 0 fully saturated rings. The minimum absolute atomic E-state index is 0.0945. The first-order valence-electron chi connectivity index (χ1n) is 9.68. The molecule has 1 amide bonds. The molecule has 3 rings (SSSR count). The molecular weight excluding hydrogens is 394 g/mol. The Hall–Kier alpha value is -4.02. The number of carbonyl (C=O) groups is 2. The maximum atomic E-state index is 11.6. The van der Waals surface area contributed by atoms with E-state index in [2.05, 4.69) is 16.4 Å². The predicted molar refractivity (Wildman–Crippen MR) is 115 cm³/mol. The lowest BCUT2D eigenvalue weighted by molar-refractivity contribution is -0.138. The van der Waals surface area contributed by atoms with Gasteiger partial charge in [0.1, 0.15) is 5.82 Å². The summed E-state index contributed by atoms with van der Waals surface area (Å²) in [7, 11) is 0. The van der Waals surface area contributed by atoms with Crippen molar-refractivity contribution in [2.24, 2.45) is 0 Å². The molecular formula is C24H21N3O4. The van der Waals surface area contributed by atoms with Gasteiger partial charge in [0.15, 0.2) is 0 Å². The standard InChI is InChI=1S/C24H21N3O4/c25-13-20-3-1-2-4-21(20)19-8-5-17(6-9-19)15-31-16-18-7-10-22(26-14-18)27-23(28)11-12-24(29)30/h1-10,14H,11-12,15-16H2,(H,29,30)(H,26,27,28). The van der Waals surface area contributed by atoms with Crippen LogP contribution in [0.15, 0.2) is 66.9 Å². The second-order valence-corrected chi connectivity index (χ2v) is 6.84. The number of carboxylic acid groups (broad SMARTS) is 1. The van der Waals surface area contributed by atoms with Crippen LogP contribution in [0, 0.1) is 11.3 Å². The van der Waals surface area contributed by atoms with Crippen LogP contribution in [0.2, 0.25) is 0 Å². The highest BCUT2D eigenvalue weighted by Gasteiger charge is 2.07. The molecule has 156 valence electrons. The van der Waals surface area contributed by atoms with E-state index in [1.54, 1.807) is 24.4 Å². The summed E-state index contributed by atoms with van der Waals surface area (Å²) in [6.07, 6.45) is 1.29. The molecule has 0 radical (unpaired) electrons. The summed E-state index contributed by atoms with van der Waals surface area (Å²) in [6, 6.07) is 21.0. The third kappa shape index (κ3) is 6.49. The Balaban J connectivity index is 1.48. The molecule has 3 aromatic rings. The molecule has 2 N–H and O–H groups in total. The summed E-state index contributed by atoms with van der Waals surface area (Å²) in [5, 5.41) is 20.4. The van der Waals surface area contributed by atoms with Crippen LogP contribution in [0.4, 0.5) is 5.82 Å². The number of hydrogen-bond donors (Lipinski definition) is 2. The van der Waals surface area contributed by atoms with Crippen LogP contribution in [0.25, 0.3) is 11.1 Å². The minimum atomic E-state index is -1.02. The fraction of sp³-hybridized carbons (Fsp3) is 0.167. The number of ether oxygens (including phenoxy) is 1. The van der Waals surface area contributed by atoms with Crippen molar-refractivity contribution >= 4 is 17.7 Å². The van der Waals surface area contributed by atoms with Crippen molar-refractivity contribution < 1.29 is 19.4 Å². The lowest BCUT2D eigenvalue weighted by Gasteiger charge is -2.08. The van der Waals surface area contributed by atoms with Gasteiger partial charge in [-0.15, -0.1) is 0 Å². The highest BCUT2D eigenvalue weighted by atomic mass is 16.5. The Morgan fingerprint density at radius 1 is 0.968 bits per heavy atom. The molecule has 0 bridgehead atoms. The van der Waals surface area contributed by atoms with E-state index in [0.717, 1.165) is 22.3 Å². The molecule has 7 heteroatoms. The van der Waals surface area contributed by atoms with Gasteiger partial charge in [-0.1, -0.05) is 48.5 Å². The average molecular weight is 415 g/mol. The van der Waals surface area contributed by atoms with Gasteiger partial charge in [-0.25, -0.2) is 4.98 Å². The third-order valence-electron chi connectivity index (χ3n) is 4.51. The molecule has 31 heavy (non-hydrogen) atoms. The Morgan fingerprint density at radius 3 is 2.35 bits per heavy atom. The van der Waals surface area contributed by atoms with E-state index in [1.807, 2.05) is 42.5 Å². The summed E-state index contributed by atoms with van der Waals surface area (Å²) in [4.78, 5) is 26.3. The summed E-state index contributed by atoms with van der Waals surface area (Å²) < 4.78 is 5.74. The SMILES string of the molecule is N#Cc1ccccc1-c1ccc(COCc2ccc(NC(=O)CCC(=O)O)nc2)cc1. The van der Waals surface area contributed by atoms with E-state index in [4.69, 9.17) is 9.84 Å². The zero-order valence-electron chi connectivity index (χ0n) is 16.7. The predicted octanol–water partition coefficient (Wildman–Crippen LogP) is 4.14. The van der Waals surface area contributed by atoms with Gasteiger partial charge in [0.05, 0.1) is 31.3 Å². The number of amides is 1. The van der Waals surface area contributed by atoms with E-state index in [-0.39, 0.29) is 18.7 Å². The van der Waals surface area contributed by atoms with Crippen molar-refractivity contribution in [1.29, 1.82) is 5.26 Å². The maximum absolute atomic E-state index is 11.6. The molecule has 1 aromatic heterocycles. The smallest absolute Gasteiger partial charge is 0.303 e. The van der Waals surface area contributed by atoms with Crippen molar-refractivity contribution in [3.05, 3.63) is 83.6 Å². The van der Waals surface area contributed by atoms with Crippen LogP contribution < -0.4 is 5.32 Å². The van der Waals surface area contributed by atoms with Gasteiger partial charge in [-0.3, -0.25) is 9.59 Å². The second kappa shape index (κ2) is 10.7. The molecule has 7 nitrogen and oxygen atoms in total.